The van der Waals surface area contributed by atoms with Crippen LogP contribution in [0.2, 0.25) is 10.0 Å². The number of nitrogens with zero attached hydrogens (tertiary/aromatic N) is 2. The molecule has 0 unspecified atom stereocenters. The molecule has 2 aromatic carbocycles. The lowest BCUT2D eigenvalue weighted by Crippen LogP contribution is -2.54. The minimum absolute atomic E-state index is 0.185. The zero-order chi connectivity index (χ0) is 22.1. The number of hydrogen-bond acceptors (Lipinski definition) is 4. The van der Waals surface area contributed by atoms with Crippen molar-refractivity contribution in [3.8, 4) is 11.4 Å². The molecule has 3 aromatic rings. The summed E-state index contributed by atoms with van der Waals surface area (Å²) in [6.45, 7) is 0. The molecule has 0 bridgehead atoms. The van der Waals surface area contributed by atoms with Crippen molar-refractivity contribution in [2.75, 3.05) is 12.0 Å². The average molecular weight is 456 g/mol. The maximum atomic E-state index is 13.1. The van der Waals surface area contributed by atoms with Crippen molar-refractivity contribution in [2.24, 2.45) is 0 Å². The van der Waals surface area contributed by atoms with Gasteiger partial charge in [0.25, 0.3) is 11.8 Å². The van der Waals surface area contributed by atoms with Gasteiger partial charge in [-0.05, 0) is 60.7 Å². The fraction of sp³-hybridized carbons (Fsp3) is 0.0455. The molecular formula is C22H15Cl2N3O4. The highest BCUT2D eigenvalue weighted by atomic mass is 35.5. The second-order valence-corrected chi connectivity index (χ2v) is 7.37. The summed E-state index contributed by atoms with van der Waals surface area (Å²) in [5.41, 5.74) is 1.36. The number of amides is 4. The van der Waals surface area contributed by atoms with Crippen LogP contribution in [0.15, 0.2) is 66.4 Å². The molecule has 1 saturated heterocycles. The molecule has 1 aliphatic rings. The van der Waals surface area contributed by atoms with E-state index in [9.17, 15) is 14.4 Å². The van der Waals surface area contributed by atoms with E-state index in [0.717, 1.165) is 4.90 Å². The standard InChI is InChI=1S/C22H15Cl2N3O4/c1-31-16-7-4-13(5-8-16)27-21(29)17(20(28)25-22(27)30)11-14-3-2-10-26(14)15-6-9-18(23)19(24)12-15/h2-12H,1H3,(H,25,28,30). The molecule has 0 spiro atoms. The highest BCUT2D eigenvalue weighted by molar-refractivity contribution is 6.42. The van der Waals surface area contributed by atoms with E-state index in [-0.39, 0.29) is 5.57 Å². The second kappa shape index (κ2) is 8.29. The van der Waals surface area contributed by atoms with E-state index in [2.05, 4.69) is 5.32 Å². The molecule has 9 heteroatoms. The molecule has 1 N–H and O–H groups in total. The number of carbonyl (C=O) groups excluding carboxylic acids is 3. The summed E-state index contributed by atoms with van der Waals surface area (Å²) >= 11 is 12.1. The Kier molecular flexibility index (Phi) is 5.54. The van der Waals surface area contributed by atoms with E-state index in [4.69, 9.17) is 27.9 Å². The number of barbiturate groups is 1. The van der Waals surface area contributed by atoms with Gasteiger partial charge in [0.15, 0.2) is 0 Å². The number of urea groups is 1. The molecule has 1 fully saturated rings. The molecule has 0 radical (unpaired) electrons. The Bertz CT molecular complexity index is 1230. The number of aromatic nitrogens is 1. The fourth-order valence-electron chi connectivity index (χ4n) is 3.15. The predicted octanol–water partition coefficient (Wildman–Crippen LogP) is 4.46. The fourth-order valence-corrected chi connectivity index (χ4v) is 3.45. The minimum atomic E-state index is -0.822. The van der Waals surface area contributed by atoms with Crippen LogP contribution in [-0.4, -0.2) is 29.5 Å². The number of rotatable bonds is 4. The van der Waals surface area contributed by atoms with Gasteiger partial charge < -0.3 is 9.30 Å². The first-order valence-corrected chi connectivity index (χ1v) is 9.83. The van der Waals surface area contributed by atoms with Gasteiger partial charge in [0.2, 0.25) is 0 Å². The van der Waals surface area contributed by atoms with Crippen molar-refractivity contribution in [2.45, 2.75) is 0 Å². The maximum Gasteiger partial charge on any atom is 0.335 e. The van der Waals surface area contributed by atoms with E-state index in [0.29, 0.717) is 32.9 Å². The van der Waals surface area contributed by atoms with Crippen LogP contribution in [0, 0.1) is 0 Å². The summed E-state index contributed by atoms with van der Waals surface area (Å²) in [7, 11) is 1.51. The van der Waals surface area contributed by atoms with E-state index in [1.54, 1.807) is 65.4 Å². The molecule has 4 rings (SSSR count). The van der Waals surface area contributed by atoms with Gasteiger partial charge in [-0.25, -0.2) is 9.69 Å². The smallest absolute Gasteiger partial charge is 0.335 e. The number of nitrogens with one attached hydrogen (secondary N) is 1. The van der Waals surface area contributed by atoms with Crippen molar-refractivity contribution in [1.82, 2.24) is 9.88 Å². The molecule has 1 aromatic heterocycles. The van der Waals surface area contributed by atoms with Crippen molar-refractivity contribution in [1.29, 1.82) is 0 Å². The van der Waals surface area contributed by atoms with E-state index < -0.39 is 17.8 Å². The van der Waals surface area contributed by atoms with Crippen molar-refractivity contribution >= 4 is 52.8 Å². The molecule has 0 aliphatic carbocycles. The van der Waals surface area contributed by atoms with Crippen molar-refractivity contribution in [3.63, 3.8) is 0 Å². The maximum absolute atomic E-state index is 13.1. The molecule has 31 heavy (non-hydrogen) atoms. The first-order chi connectivity index (χ1) is 14.9. The van der Waals surface area contributed by atoms with Crippen LogP contribution < -0.4 is 15.0 Å². The predicted molar refractivity (Wildman–Crippen MR) is 118 cm³/mol. The summed E-state index contributed by atoms with van der Waals surface area (Å²) in [5, 5.41) is 2.98. The molecule has 4 amide bonds. The van der Waals surface area contributed by atoms with E-state index in [1.807, 2.05) is 0 Å². The van der Waals surface area contributed by atoms with Crippen molar-refractivity contribution in [3.05, 3.63) is 82.1 Å². The quantitative estimate of drug-likeness (QED) is 0.465. The van der Waals surface area contributed by atoms with Gasteiger partial charge in [-0.3, -0.25) is 14.9 Å². The van der Waals surface area contributed by atoms with E-state index in [1.165, 1.54) is 13.2 Å². The van der Waals surface area contributed by atoms with Gasteiger partial charge in [-0.15, -0.1) is 0 Å². The zero-order valence-corrected chi connectivity index (χ0v) is 17.6. The Morgan fingerprint density at radius 2 is 1.65 bits per heavy atom. The van der Waals surface area contributed by atoms with Gasteiger partial charge in [0.05, 0.1) is 22.8 Å². The lowest BCUT2D eigenvalue weighted by molar-refractivity contribution is -0.122. The Morgan fingerprint density at radius 1 is 0.935 bits per heavy atom. The van der Waals surface area contributed by atoms with Crippen LogP contribution in [0.1, 0.15) is 5.69 Å². The summed E-state index contributed by atoms with van der Waals surface area (Å²) < 4.78 is 6.84. The number of hydrogen-bond donors (Lipinski definition) is 1. The molecule has 1 aliphatic heterocycles. The molecule has 0 saturated carbocycles. The summed E-state index contributed by atoms with van der Waals surface area (Å²) in [6, 6.07) is 14.1. The first-order valence-electron chi connectivity index (χ1n) is 9.07. The van der Waals surface area contributed by atoms with Crippen LogP contribution in [0.4, 0.5) is 10.5 Å². The second-order valence-electron chi connectivity index (χ2n) is 6.56. The molecule has 0 atom stereocenters. The number of anilines is 1. The highest BCUT2D eigenvalue weighted by Crippen LogP contribution is 2.27. The third kappa shape index (κ3) is 3.93. The first kappa shape index (κ1) is 20.7. The Labute approximate surface area is 187 Å². The van der Waals surface area contributed by atoms with Gasteiger partial charge >= 0.3 is 6.03 Å². The number of imide groups is 2. The summed E-state index contributed by atoms with van der Waals surface area (Å²) in [6.07, 6.45) is 3.17. The number of ether oxygens (including phenoxy) is 1. The third-order valence-electron chi connectivity index (χ3n) is 4.69. The molecule has 2 heterocycles. The number of benzene rings is 2. The number of carbonyl (C=O) groups is 3. The van der Waals surface area contributed by atoms with Crippen LogP contribution >= 0.6 is 23.2 Å². The SMILES string of the molecule is COc1ccc(N2C(=O)NC(=O)C(=Cc3cccn3-c3ccc(Cl)c(Cl)c3)C2=O)cc1. The van der Waals surface area contributed by atoms with Crippen LogP contribution in [0.5, 0.6) is 5.75 Å². The highest BCUT2D eigenvalue weighted by Gasteiger charge is 2.37. The number of halogens is 2. The normalized spacial score (nSPS) is 15.4. The lowest BCUT2D eigenvalue weighted by atomic mass is 10.1. The topological polar surface area (TPSA) is 80.6 Å². The molecule has 7 nitrogen and oxygen atoms in total. The average Bonchev–Trinajstić information content (AvgIpc) is 3.22. The van der Waals surface area contributed by atoms with Gasteiger partial charge in [-0.1, -0.05) is 23.2 Å². The minimum Gasteiger partial charge on any atom is -0.497 e. The molecular weight excluding hydrogens is 441 g/mol. The van der Waals surface area contributed by atoms with Crippen LogP contribution in [0.25, 0.3) is 11.8 Å². The Morgan fingerprint density at radius 3 is 2.32 bits per heavy atom. The monoisotopic (exact) mass is 455 g/mol. The van der Waals surface area contributed by atoms with Crippen LogP contribution in [0.3, 0.4) is 0 Å². The Balaban J connectivity index is 1.73. The lowest BCUT2D eigenvalue weighted by Gasteiger charge is -2.26. The van der Waals surface area contributed by atoms with Crippen molar-refractivity contribution < 1.29 is 19.1 Å². The van der Waals surface area contributed by atoms with Gasteiger partial charge in [0, 0.05) is 17.6 Å². The molecule has 156 valence electrons. The van der Waals surface area contributed by atoms with E-state index >= 15 is 0 Å². The largest absolute Gasteiger partial charge is 0.497 e. The van der Waals surface area contributed by atoms with Gasteiger partial charge in [-0.2, -0.15) is 0 Å². The Hall–Kier alpha value is -3.55. The summed E-state index contributed by atoms with van der Waals surface area (Å²) in [4.78, 5) is 38.8. The summed E-state index contributed by atoms with van der Waals surface area (Å²) in [5.74, 6) is -0.942. The van der Waals surface area contributed by atoms with Gasteiger partial charge in [0.1, 0.15) is 11.3 Å². The zero-order valence-electron chi connectivity index (χ0n) is 16.1. The third-order valence-corrected chi connectivity index (χ3v) is 5.43. The van der Waals surface area contributed by atoms with Crippen LogP contribution in [-0.2, 0) is 9.59 Å². The number of methoxy groups -OCH3 is 1.